The lowest BCUT2D eigenvalue weighted by Gasteiger charge is -2.13. The van der Waals surface area contributed by atoms with E-state index in [0.29, 0.717) is 17.5 Å². The molecule has 0 radical (unpaired) electrons. The molecule has 0 atom stereocenters. The van der Waals surface area contributed by atoms with Gasteiger partial charge in [-0.2, -0.15) is 0 Å². The minimum Gasteiger partial charge on any atom is -0.456 e. The second-order valence-electron chi connectivity index (χ2n) is 21.4. The summed E-state index contributed by atoms with van der Waals surface area (Å²) < 4.78 is 20.5. The average Bonchev–Trinajstić information content (AvgIpc) is 2.08. The highest BCUT2D eigenvalue weighted by Crippen LogP contribution is 2.47. The predicted octanol–water partition coefficient (Wildman–Crippen LogP) is 20.6. The van der Waals surface area contributed by atoms with Gasteiger partial charge in [0.05, 0.1) is 22.1 Å². The number of para-hydroxylation sites is 5. The van der Waals surface area contributed by atoms with E-state index in [0.717, 1.165) is 111 Å². The van der Waals surface area contributed by atoms with Crippen molar-refractivity contribution in [1.29, 1.82) is 0 Å². The highest BCUT2D eigenvalue weighted by Gasteiger charge is 2.24. The highest BCUT2D eigenvalue weighted by molar-refractivity contribution is 7.26. The van der Waals surface area contributed by atoms with Gasteiger partial charge in [-0.05, 0) is 114 Å². The van der Waals surface area contributed by atoms with Crippen molar-refractivity contribution in [2.75, 3.05) is 0 Å². The molecule has 0 unspecified atom stereocenters. The Hall–Kier alpha value is -10.9. The lowest BCUT2D eigenvalue weighted by atomic mass is 9.98. The summed E-state index contributed by atoms with van der Waals surface area (Å²) in [7, 11) is 0. The van der Waals surface area contributed by atoms with Gasteiger partial charge in [-0.3, -0.25) is 0 Å². The molecule has 6 heterocycles. The Morgan fingerprint density at radius 1 is 0.277 bits per heavy atom. The van der Waals surface area contributed by atoms with Crippen LogP contribution in [0.5, 0.6) is 0 Å². The number of thiophene rings is 1. The summed E-state index contributed by atoms with van der Waals surface area (Å²) in [4.78, 5) is 16.3. The van der Waals surface area contributed by atoms with Crippen molar-refractivity contribution < 1.29 is 8.83 Å². The molecule has 12 aromatic carbocycles. The molecule has 0 saturated carbocycles. The summed E-state index contributed by atoms with van der Waals surface area (Å²) in [6, 6.07) is 92.6. The zero-order valence-electron chi connectivity index (χ0n) is 44.3. The van der Waals surface area contributed by atoms with Crippen molar-refractivity contribution in [3.8, 4) is 67.8 Å². The average molecular weight is 1080 g/mol. The van der Waals surface area contributed by atoms with E-state index in [9.17, 15) is 0 Å². The van der Waals surface area contributed by atoms with Gasteiger partial charge in [0.15, 0.2) is 17.5 Å². The molecule has 18 aromatic rings. The molecule has 0 saturated heterocycles. The van der Waals surface area contributed by atoms with Crippen LogP contribution in [-0.2, 0) is 0 Å². The van der Waals surface area contributed by atoms with Crippen LogP contribution in [0.2, 0.25) is 0 Å². The maximum atomic E-state index is 6.80. The van der Waals surface area contributed by atoms with Crippen LogP contribution in [0, 0.1) is 0 Å². The molecule has 0 fully saturated rings. The first-order valence-corrected chi connectivity index (χ1v) is 28.7. The van der Waals surface area contributed by atoms with Crippen molar-refractivity contribution in [2.24, 2.45) is 0 Å². The van der Waals surface area contributed by atoms with E-state index >= 15 is 0 Å². The summed E-state index contributed by atoms with van der Waals surface area (Å²) in [5.41, 5.74) is 16.8. The number of nitrogens with zero attached hydrogens (tertiary/aromatic N) is 5. The fourth-order valence-corrected chi connectivity index (χ4v) is 14.2. The Morgan fingerprint density at radius 2 is 0.867 bits per heavy atom. The van der Waals surface area contributed by atoms with Gasteiger partial charge in [-0.1, -0.05) is 164 Å². The van der Waals surface area contributed by atoms with Crippen LogP contribution in [0.4, 0.5) is 0 Å². The standard InChI is InChI=1S/C75H43N5O2S/c1-2-19-49(20-3-1)80-62-37-39-68-71(56-25-7-11-33-67(56)83-68)70(62)57-27-14-26-51(72(57)80)46-35-38-64-59(42-46)69-58(28-15-32-65(69)81-64)75-77-73(47-17-12-16-44(40-47)45-34-36-55-54-24-6-10-31-63(54)82-66(55)43-45)76-74(78-75)48-18-13-21-50(41-48)79-60-29-8-4-22-52(60)53-23-5-9-30-61(53)79/h1-43H. The van der Waals surface area contributed by atoms with Crippen LogP contribution in [0.25, 0.3) is 175 Å². The number of benzene rings is 12. The van der Waals surface area contributed by atoms with Crippen molar-refractivity contribution >= 4 is 119 Å². The maximum absolute atomic E-state index is 6.80. The maximum Gasteiger partial charge on any atom is 0.164 e. The van der Waals surface area contributed by atoms with Crippen molar-refractivity contribution in [3.63, 3.8) is 0 Å². The molecule has 6 aromatic heterocycles. The summed E-state index contributed by atoms with van der Waals surface area (Å²) in [5.74, 6) is 1.65. The Bertz CT molecular complexity index is 5670. The molecule has 0 aliphatic rings. The van der Waals surface area contributed by atoms with Crippen LogP contribution in [0.1, 0.15) is 0 Å². The van der Waals surface area contributed by atoms with Gasteiger partial charge in [-0.15, -0.1) is 11.3 Å². The third-order valence-corrected chi connectivity index (χ3v) is 17.9. The Morgan fingerprint density at radius 3 is 1.71 bits per heavy atom. The van der Waals surface area contributed by atoms with Gasteiger partial charge < -0.3 is 18.0 Å². The number of hydrogen-bond donors (Lipinski definition) is 0. The summed E-state index contributed by atoms with van der Waals surface area (Å²) in [6.45, 7) is 0. The fourth-order valence-electron chi connectivity index (χ4n) is 13.1. The van der Waals surface area contributed by atoms with E-state index in [1.807, 2.05) is 35.6 Å². The van der Waals surface area contributed by atoms with Crippen molar-refractivity contribution in [2.45, 2.75) is 0 Å². The third-order valence-electron chi connectivity index (χ3n) is 16.8. The van der Waals surface area contributed by atoms with Gasteiger partial charge in [0.1, 0.15) is 22.3 Å². The number of rotatable bonds is 7. The molecule has 83 heavy (non-hydrogen) atoms. The summed E-state index contributed by atoms with van der Waals surface area (Å²) >= 11 is 1.86. The van der Waals surface area contributed by atoms with Crippen molar-refractivity contribution in [1.82, 2.24) is 24.1 Å². The largest absolute Gasteiger partial charge is 0.456 e. The minimum absolute atomic E-state index is 0.540. The van der Waals surface area contributed by atoms with Crippen LogP contribution in [-0.4, -0.2) is 24.1 Å². The third kappa shape index (κ3) is 7.00. The SMILES string of the molecule is c1ccc(-n2c3ccc4sc5ccccc5c4c3c3cccc(-c4ccc5oc6cccc(-c7nc(-c8cccc(-c9ccc%10c(c9)oc9ccccc9%10)c8)nc(-c8cccc(-n9c%10ccccc%10c%10ccccc%109)c8)n7)c6c5c4)c32)cc1. The molecule has 7 nitrogen and oxygen atoms in total. The molecule has 386 valence electrons. The van der Waals surface area contributed by atoms with E-state index in [2.05, 4.69) is 246 Å². The molecule has 18 rings (SSSR count). The Balaban J connectivity index is 0.842. The van der Waals surface area contributed by atoms with Gasteiger partial charge in [0.2, 0.25) is 0 Å². The topological polar surface area (TPSA) is 74.8 Å². The second-order valence-corrected chi connectivity index (χ2v) is 22.5. The lowest BCUT2D eigenvalue weighted by molar-refractivity contribution is 0.668. The second kappa shape index (κ2) is 17.8. The first kappa shape index (κ1) is 45.9. The molecular formula is C75H43N5O2S. The zero-order valence-corrected chi connectivity index (χ0v) is 45.1. The van der Waals surface area contributed by atoms with Gasteiger partial charge in [0, 0.05) is 96.9 Å². The molecule has 0 spiro atoms. The monoisotopic (exact) mass is 1080 g/mol. The van der Waals surface area contributed by atoms with Crippen LogP contribution in [0.15, 0.2) is 270 Å². The minimum atomic E-state index is 0.540. The molecule has 8 heteroatoms. The van der Waals surface area contributed by atoms with Gasteiger partial charge in [0.25, 0.3) is 0 Å². The lowest BCUT2D eigenvalue weighted by Crippen LogP contribution is -2.01. The van der Waals surface area contributed by atoms with E-state index in [1.165, 1.54) is 47.2 Å². The van der Waals surface area contributed by atoms with Crippen molar-refractivity contribution in [3.05, 3.63) is 261 Å². The molecule has 0 amide bonds. The first-order chi connectivity index (χ1) is 41.1. The van der Waals surface area contributed by atoms with Gasteiger partial charge in [-0.25, -0.2) is 15.0 Å². The van der Waals surface area contributed by atoms with E-state index < -0.39 is 0 Å². The fraction of sp³-hybridized carbons (Fsp3) is 0. The van der Waals surface area contributed by atoms with E-state index in [4.69, 9.17) is 23.8 Å². The Labute approximate surface area is 477 Å². The smallest absolute Gasteiger partial charge is 0.164 e. The number of aromatic nitrogens is 5. The number of fused-ring (bicyclic) bond motifs is 16. The molecule has 0 aliphatic carbocycles. The molecular weight excluding hydrogens is 1030 g/mol. The van der Waals surface area contributed by atoms with Crippen LogP contribution < -0.4 is 0 Å². The van der Waals surface area contributed by atoms with E-state index in [-0.39, 0.29) is 0 Å². The Kier molecular flexibility index (Phi) is 9.83. The summed E-state index contributed by atoms with van der Waals surface area (Å²) in [6.07, 6.45) is 0. The number of furan rings is 2. The normalized spacial score (nSPS) is 12.1. The molecule has 0 bridgehead atoms. The molecule has 0 aliphatic heterocycles. The van der Waals surface area contributed by atoms with Crippen LogP contribution in [0.3, 0.4) is 0 Å². The van der Waals surface area contributed by atoms with Gasteiger partial charge >= 0.3 is 0 Å². The molecule has 0 N–H and O–H groups in total. The van der Waals surface area contributed by atoms with Crippen LogP contribution >= 0.6 is 11.3 Å². The summed E-state index contributed by atoms with van der Waals surface area (Å²) in [5, 5.41) is 11.5. The predicted molar refractivity (Wildman–Crippen MR) is 343 cm³/mol. The number of hydrogen-bond acceptors (Lipinski definition) is 6. The zero-order chi connectivity index (χ0) is 54.3. The highest BCUT2D eigenvalue weighted by atomic mass is 32.1. The van der Waals surface area contributed by atoms with E-state index in [1.54, 1.807) is 0 Å². The quantitative estimate of drug-likeness (QED) is 0.159. The first-order valence-electron chi connectivity index (χ1n) is 27.9.